The molecule has 3 atom stereocenters. The summed E-state index contributed by atoms with van der Waals surface area (Å²) in [7, 11) is 0. The molecular weight excluding hydrogens is 623 g/mol. The van der Waals surface area contributed by atoms with Crippen LogP contribution in [0.1, 0.15) is 35.1 Å². The fourth-order valence-electron chi connectivity index (χ4n) is 7.77. The van der Waals surface area contributed by atoms with Gasteiger partial charge in [0.15, 0.2) is 0 Å². The number of allylic oxidation sites excluding steroid dienone is 5. The predicted octanol–water partition coefficient (Wildman–Crippen LogP) is 10.2. The minimum Gasteiger partial charge on any atom is -0.358 e. The lowest BCUT2D eigenvalue weighted by atomic mass is 9.91. The average molecular weight is 656 g/mol. The van der Waals surface area contributed by atoms with E-state index in [0.717, 1.165) is 44.2 Å². The van der Waals surface area contributed by atoms with Crippen LogP contribution < -0.4 is 4.90 Å². The van der Waals surface area contributed by atoms with E-state index in [1.807, 2.05) is 91.0 Å². The van der Waals surface area contributed by atoms with Gasteiger partial charge in [0, 0.05) is 46.0 Å². The first kappa shape index (κ1) is 31.4. The van der Waals surface area contributed by atoms with E-state index < -0.39 is 0 Å². The molecule has 51 heavy (non-hydrogen) atoms. The van der Waals surface area contributed by atoms with Gasteiger partial charge in [-0.2, -0.15) is 15.8 Å². The topological polar surface area (TPSA) is 79.5 Å². The molecule has 2 aliphatic rings. The largest absolute Gasteiger partial charge is 0.358 e. The van der Waals surface area contributed by atoms with Crippen molar-refractivity contribution < 1.29 is 0 Å². The van der Waals surface area contributed by atoms with E-state index in [1.165, 1.54) is 11.3 Å². The van der Waals surface area contributed by atoms with Crippen LogP contribution in [0.25, 0.3) is 38.6 Å². The van der Waals surface area contributed by atoms with Crippen molar-refractivity contribution in [3.63, 3.8) is 0 Å². The summed E-state index contributed by atoms with van der Waals surface area (Å²) in [6.07, 6.45) is 15.4. The minimum absolute atomic E-state index is 0.149. The summed E-state index contributed by atoms with van der Waals surface area (Å²) in [5, 5.41) is 32.1. The molecule has 1 aliphatic heterocycles. The van der Waals surface area contributed by atoms with E-state index in [-0.39, 0.29) is 12.1 Å². The summed E-state index contributed by atoms with van der Waals surface area (Å²) in [5.74, 6) is 0.356. The van der Waals surface area contributed by atoms with E-state index in [9.17, 15) is 15.8 Å². The van der Waals surface area contributed by atoms with Crippen LogP contribution >= 0.6 is 0 Å². The van der Waals surface area contributed by atoms with Gasteiger partial charge in [0.2, 0.25) is 0 Å². The first-order valence-corrected chi connectivity index (χ1v) is 17.2. The lowest BCUT2D eigenvalue weighted by molar-refractivity contribution is 0.639. The summed E-state index contributed by atoms with van der Waals surface area (Å²) in [6.45, 7) is 2.21. The molecule has 242 valence electrons. The first-order valence-electron chi connectivity index (χ1n) is 17.2. The molecule has 6 aromatic rings. The van der Waals surface area contributed by atoms with E-state index in [4.69, 9.17) is 0 Å². The highest BCUT2D eigenvalue weighted by molar-refractivity contribution is 6.10. The van der Waals surface area contributed by atoms with Gasteiger partial charge in [-0.05, 0) is 66.1 Å². The normalized spacial score (nSPS) is 16.9. The Balaban J connectivity index is 1.05. The third-order valence-electron chi connectivity index (χ3n) is 10.1. The number of rotatable bonds is 7. The molecule has 8 rings (SSSR count). The highest BCUT2D eigenvalue weighted by atomic mass is 15.2. The average Bonchev–Trinajstić information content (AvgIpc) is 3.70. The number of aromatic nitrogens is 1. The number of nitrogens with zero attached hydrogens (tertiary/aromatic N) is 5. The Morgan fingerprint density at radius 3 is 2.35 bits per heavy atom. The van der Waals surface area contributed by atoms with Gasteiger partial charge in [-0.15, -0.1) is 0 Å². The SMILES string of the molecule is CC(/C=C\C=C(\C#N)Cc1ccc(-c2cccc(-n3c4ccccc4c4cc(C#N)ccc43)c2C#N)cc1)N1c2ccccc2C2C=CC=CC21. The second-order valence-corrected chi connectivity index (χ2v) is 13.1. The van der Waals surface area contributed by atoms with Gasteiger partial charge in [-0.3, -0.25) is 0 Å². The first-order chi connectivity index (χ1) is 25.1. The van der Waals surface area contributed by atoms with Gasteiger partial charge >= 0.3 is 0 Å². The minimum atomic E-state index is 0.149. The summed E-state index contributed by atoms with van der Waals surface area (Å²) >= 11 is 0. The fourth-order valence-corrected chi connectivity index (χ4v) is 7.77. The van der Waals surface area contributed by atoms with Gasteiger partial charge < -0.3 is 9.47 Å². The molecule has 5 aromatic carbocycles. The number of anilines is 1. The van der Waals surface area contributed by atoms with Crippen LogP contribution in [0.5, 0.6) is 0 Å². The maximum absolute atomic E-state index is 10.5. The Morgan fingerprint density at radius 2 is 1.53 bits per heavy atom. The summed E-state index contributed by atoms with van der Waals surface area (Å²) in [5.41, 5.74) is 9.95. The zero-order valence-electron chi connectivity index (χ0n) is 28.1. The summed E-state index contributed by atoms with van der Waals surface area (Å²) in [4.78, 5) is 2.46. The zero-order chi connectivity index (χ0) is 34.9. The van der Waals surface area contributed by atoms with E-state index in [2.05, 4.69) is 95.3 Å². The van der Waals surface area contributed by atoms with E-state index >= 15 is 0 Å². The number of benzene rings is 5. The van der Waals surface area contributed by atoms with Crippen LogP contribution in [-0.2, 0) is 6.42 Å². The van der Waals surface area contributed by atoms with Gasteiger partial charge in [-0.1, -0.05) is 109 Å². The van der Waals surface area contributed by atoms with Crippen molar-refractivity contribution in [2.45, 2.75) is 31.3 Å². The molecule has 1 aliphatic carbocycles. The number of nitriles is 3. The maximum Gasteiger partial charge on any atom is 0.102 e. The molecule has 0 bridgehead atoms. The second-order valence-electron chi connectivity index (χ2n) is 13.1. The third-order valence-corrected chi connectivity index (χ3v) is 10.1. The van der Waals surface area contributed by atoms with Crippen molar-refractivity contribution in [3.05, 3.63) is 180 Å². The molecule has 0 radical (unpaired) electrons. The Morgan fingerprint density at radius 1 is 0.765 bits per heavy atom. The second kappa shape index (κ2) is 13.2. The van der Waals surface area contributed by atoms with Crippen molar-refractivity contribution >= 4 is 27.5 Å². The third kappa shape index (κ3) is 5.50. The number of hydrogen-bond acceptors (Lipinski definition) is 4. The fraction of sp³-hybridized carbons (Fsp3) is 0.109. The van der Waals surface area contributed by atoms with Gasteiger partial charge in [-0.25, -0.2) is 0 Å². The molecule has 1 aromatic heterocycles. The van der Waals surface area contributed by atoms with Gasteiger partial charge in [0.25, 0.3) is 0 Å². The molecule has 0 saturated carbocycles. The number of hydrogen-bond donors (Lipinski definition) is 0. The molecule has 0 amide bonds. The monoisotopic (exact) mass is 655 g/mol. The van der Waals surface area contributed by atoms with Crippen LogP contribution in [0, 0.1) is 34.0 Å². The van der Waals surface area contributed by atoms with Crippen molar-refractivity contribution in [3.8, 4) is 35.0 Å². The molecule has 5 heteroatoms. The van der Waals surface area contributed by atoms with Gasteiger partial charge in [0.05, 0.1) is 46.0 Å². The maximum atomic E-state index is 10.5. The predicted molar refractivity (Wildman–Crippen MR) is 205 cm³/mol. The quantitative estimate of drug-likeness (QED) is 0.127. The van der Waals surface area contributed by atoms with Crippen molar-refractivity contribution in [2.75, 3.05) is 4.90 Å². The lowest BCUT2D eigenvalue weighted by Crippen LogP contribution is -2.38. The van der Waals surface area contributed by atoms with Crippen LogP contribution in [0.4, 0.5) is 5.69 Å². The van der Waals surface area contributed by atoms with E-state index in [0.29, 0.717) is 29.0 Å². The van der Waals surface area contributed by atoms with E-state index in [1.54, 1.807) is 0 Å². The number of para-hydroxylation sites is 2. The van der Waals surface area contributed by atoms with Gasteiger partial charge in [0.1, 0.15) is 6.07 Å². The van der Waals surface area contributed by atoms with Crippen molar-refractivity contribution in [1.29, 1.82) is 15.8 Å². The van der Waals surface area contributed by atoms with Crippen LogP contribution in [-0.4, -0.2) is 16.7 Å². The Bertz CT molecular complexity index is 2580. The Kier molecular flexibility index (Phi) is 8.13. The molecule has 2 heterocycles. The van der Waals surface area contributed by atoms with Crippen LogP contribution in [0.15, 0.2) is 157 Å². The lowest BCUT2D eigenvalue weighted by Gasteiger charge is -2.32. The highest BCUT2D eigenvalue weighted by Gasteiger charge is 2.37. The van der Waals surface area contributed by atoms with Crippen molar-refractivity contribution in [2.24, 2.45) is 0 Å². The standard InChI is InChI=1S/C46H33N5/c1-31(50-42-16-5-2-12-37(42)38-13-3-6-17-43(38)50)10-8-11-33(28-47)26-32-20-23-35(24-21-32)36-15-9-19-45(41(36)30-49)51-44-18-7-4-14-39(44)40-27-34(29-48)22-25-46(40)51/h2-25,27,31,37,42H,26H2,1H3/b10-8-,33-11+. The molecule has 0 N–H and O–H groups in total. The van der Waals surface area contributed by atoms with Crippen LogP contribution in [0.2, 0.25) is 0 Å². The Hall–Kier alpha value is -6.87. The molecule has 0 fully saturated rings. The Labute approximate surface area is 297 Å². The molecule has 0 spiro atoms. The molecule has 3 unspecified atom stereocenters. The van der Waals surface area contributed by atoms with Crippen LogP contribution in [0.3, 0.4) is 0 Å². The number of fused-ring (bicyclic) bond motifs is 6. The molecule has 0 saturated heterocycles. The molecule has 5 nitrogen and oxygen atoms in total. The zero-order valence-corrected chi connectivity index (χ0v) is 28.1. The molecular formula is C46H33N5. The summed E-state index contributed by atoms with van der Waals surface area (Å²) < 4.78 is 2.12. The smallest absolute Gasteiger partial charge is 0.102 e. The van der Waals surface area contributed by atoms with Crippen molar-refractivity contribution in [1.82, 2.24) is 4.57 Å². The summed E-state index contributed by atoms with van der Waals surface area (Å²) in [6, 6.07) is 44.0. The highest BCUT2D eigenvalue weighted by Crippen LogP contribution is 2.45.